The zero-order valence-corrected chi connectivity index (χ0v) is 18.6. The molecule has 4 N–H and O–H groups in total. The molecule has 0 aliphatic rings. The van der Waals surface area contributed by atoms with Gasteiger partial charge in [0.15, 0.2) is 5.82 Å². The topological polar surface area (TPSA) is 137 Å². The van der Waals surface area contributed by atoms with Crippen molar-refractivity contribution >= 4 is 44.9 Å². The number of benzene rings is 2. The molecule has 6 rings (SSSR count). The van der Waals surface area contributed by atoms with Crippen LogP contribution in [0.5, 0.6) is 0 Å². The van der Waals surface area contributed by atoms with Gasteiger partial charge in [-0.2, -0.15) is 15.3 Å². The van der Waals surface area contributed by atoms with Gasteiger partial charge in [-0.25, -0.2) is 9.97 Å². The Kier molecular flexibility index (Phi) is 4.88. The Labute approximate surface area is 198 Å². The van der Waals surface area contributed by atoms with Gasteiger partial charge in [0, 0.05) is 33.7 Å². The molecule has 0 atom stereocenters. The Morgan fingerprint density at radius 3 is 2.77 bits per heavy atom. The number of H-pyrrole nitrogens is 2. The van der Waals surface area contributed by atoms with Gasteiger partial charge in [-0.1, -0.05) is 12.1 Å². The lowest BCUT2D eigenvalue weighted by molar-refractivity contribution is 0.102. The Morgan fingerprint density at radius 2 is 1.86 bits per heavy atom. The highest BCUT2D eigenvalue weighted by Gasteiger charge is 2.12. The van der Waals surface area contributed by atoms with Crippen LogP contribution < -0.4 is 10.6 Å². The molecule has 4 aromatic heterocycles. The fourth-order valence-electron chi connectivity index (χ4n) is 3.86. The second-order valence-corrected chi connectivity index (χ2v) is 8.09. The van der Waals surface area contributed by atoms with Crippen LogP contribution in [0.25, 0.3) is 33.2 Å². The number of aryl methyl sites for hydroxylation is 1. The van der Waals surface area contributed by atoms with Crippen LogP contribution >= 0.6 is 0 Å². The van der Waals surface area contributed by atoms with Crippen molar-refractivity contribution < 1.29 is 4.79 Å². The lowest BCUT2D eigenvalue weighted by Gasteiger charge is -2.07. The summed E-state index contributed by atoms with van der Waals surface area (Å²) in [5.74, 6) is 0.984. The highest BCUT2D eigenvalue weighted by molar-refractivity contribution is 6.06. The van der Waals surface area contributed by atoms with Crippen molar-refractivity contribution in [2.24, 2.45) is 0 Å². The molecule has 2 aromatic carbocycles. The molecule has 4 heterocycles. The molecule has 10 heteroatoms. The average molecular weight is 461 g/mol. The summed E-state index contributed by atoms with van der Waals surface area (Å²) in [6.07, 6.45) is 5.00. The van der Waals surface area contributed by atoms with Crippen LogP contribution in [-0.2, 0) is 0 Å². The van der Waals surface area contributed by atoms with Gasteiger partial charge in [0.1, 0.15) is 11.5 Å². The third kappa shape index (κ3) is 4.15. The number of nitrogens with zero attached hydrogens (tertiary/aromatic N) is 5. The van der Waals surface area contributed by atoms with Gasteiger partial charge >= 0.3 is 0 Å². The smallest absolute Gasteiger partial charge is 0.272 e. The molecule has 0 unspecified atom stereocenters. The van der Waals surface area contributed by atoms with Crippen molar-refractivity contribution in [3.05, 3.63) is 84.6 Å². The number of carbonyl (C=O) groups excluding carboxylic acids is 1. The van der Waals surface area contributed by atoms with Crippen LogP contribution in [0.1, 0.15) is 16.2 Å². The molecular formula is C25H19N9O. The van der Waals surface area contributed by atoms with Gasteiger partial charge in [-0.05, 0) is 49.4 Å². The molecule has 0 aliphatic heterocycles. The van der Waals surface area contributed by atoms with Crippen molar-refractivity contribution in [2.75, 3.05) is 10.6 Å². The molecule has 0 aliphatic carbocycles. The lowest BCUT2D eigenvalue weighted by atomic mass is 10.1. The van der Waals surface area contributed by atoms with E-state index in [0.29, 0.717) is 23.0 Å². The molecular weight excluding hydrogens is 442 g/mol. The number of hydrogen-bond acceptors (Lipinski definition) is 7. The van der Waals surface area contributed by atoms with Gasteiger partial charge in [0.05, 0.1) is 29.3 Å². The molecule has 10 nitrogen and oxygen atoms in total. The van der Waals surface area contributed by atoms with E-state index < -0.39 is 0 Å². The predicted molar refractivity (Wildman–Crippen MR) is 133 cm³/mol. The van der Waals surface area contributed by atoms with Gasteiger partial charge in [0.2, 0.25) is 0 Å². The fourth-order valence-corrected chi connectivity index (χ4v) is 3.86. The number of aromatic amines is 2. The van der Waals surface area contributed by atoms with E-state index in [2.05, 4.69) is 46.0 Å². The summed E-state index contributed by atoms with van der Waals surface area (Å²) in [4.78, 5) is 25.0. The Hall–Kier alpha value is -5.12. The predicted octanol–water partition coefficient (Wildman–Crippen LogP) is 4.60. The minimum Gasteiger partial charge on any atom is -0.350 e. The molecule has 35 heavy (non-hydrogen) atoms. The van der Waals surface area contributed by atoms with Crippen molar-refractivity contribution in [1.82, 2.24) is 35.3 Å². The number of carbonyl (C=O) groups is 1. The minimum absolute atomic E-state index is 0.257. The maximum absolute atomic E-state index is 12.7. The average Bonchev–Trinajstić information content (AvgIpc) is 3.50. The minimum atomic E-state index is -0.257. The summed E-state index contributed by atoms with van der Waals surface area (Å²) in [7, 11) is 0. The first-order chi connectivity index (χ1) is 17.1. The molecule has 0 spiro atoms. The molecule has 170 valence electrons. The van der Waals surface area contributed by atoms with E-state index in [0.717, 1.165) is 38.8 Å². The van der Waals surface area contributed by atoms with Crippen LogP contribution in [0.2, 0.25) is 0 Å². The zero-order chi connectivity index (χ0) is 23.8. The first-order valence-electron chi connectivity index (χ1n) is 10.9. The first-order valence-corrected chi connectivity index (χ1v) is 10.9. The van der Waals surface area contributed by atoms with Crippen LogP contribution in [0.4, 0.5) is 17.2 Å². The van der Waals surface area contributed by atoms with Crippen molar-refractivity contribution in [3.8, 4) is 11.4 Å². The standard InChI is InChI=1S/C25H19N9O/c1-14-8-19(13-28-33-14)30-25(35)22-10-15-2-3-16(11-21(15)31-22)24-26-7-6-23(32-24)29-18-4-5-20-17(9-18)12-27-34-20/h2-13,31H,1H3,(H,27,34)(H,26,29,32)(H,30,33,35). The maximum Gasteiger partial charge on any atom is 0.272 e. The van der Waals surface area contributed by atoms with Gasteiger partial charge in [0.25, 0.3) is 5.91 Å². The largest absolute Gasteiger partial charge is 0.350 e. The Bertz CT molecular complexity index is 1700. The van der Waals surface area contributed by atoms with E-state index in [1.165, 1.54) is 6.20 Å². The first kappa shape index (κ1) is 20.5. The summed E-state index contributed by atoms with van der Waals surface area (Å²) in [5, 5.41) is 22.8. The highest BCUT2D eigenvalue weighted by Crippen LogP contribution is 2.25. The van der Waals surface area contributed by atoms with Gasteiger partial charge in [-0.15, -0.1) is 0 Å². The summed E-state index contributed by atoms with van der Waals surface area (Å²) >= 11 is 0. The van der Waals surface area contributed by atoms with E-state index >= 15 is 0 Å². The fraction of sp³-hybridized carbons (Fsp3) is 0.0400. The normalized spacial score (nSPS) is 11.1. The summed E-state index contributed by atoms with van der Waals surface area (Å²) in [6, 6.07) is 17.1. The molecule has 0 fully saturated rings. The van der Waals surface area contributed by atoms with E-state index in [-0.39, 0.29) is 5.91 Å². The molecule has 0 saturated heterocycles. The van der Waals surface area contributed by atoms with Gasteiger partial charge in [-0.3, -0.25) is 9.89 Å². The van der Waals surface area contributed by atoms with Crippen molar-refractivity contribution in [3.63, 3.8) is 0 Å². The van der Waals surface area contributed by atoms with Crippen LogP contribution in [0, 0.1) is 6.92 Å². The second-order valence-electron chi connectivity index (χ2n) is 8.09. The number of nitrogens with one attached hydrogen (secondary N) is 4. The van der Waals surface area contributed by atoms with Crippen molar-refractivity contribution in [2.45, 2.75) is 6.92 Å². The number of fused-ring (bicyclic) bond motifs is 2. The molecule has 1 amide bonds. The number of hydrogen-bond donors (Lipinski definition) is 4. The van der Waals surface area contributed by atoms with E-state index in [1.54, 1.807) is 24.5 Å². The van der Waals surface area contributed by atoms with Crippen molar-refractivity contribution in [1.29, 1.82) is 0 Å². The van der Waals surface area contributed by atoms with E-state index in [9.17, 15) is 4.79 Å². The van der Waals surface area contributed by atoms with Crippen LogP contribution in [-0.4, -0.2) is 41.3 Å². The van der Waals surface area contributed by atoms with E-state index in [4.69, 9.17) is 0 Å². The quantitative estimate of drug-likeness (QED) is 0.294. The maximum atomic E-state index is 12.7. The van der Waals surface area contributed by atoms with Crippen LogP contribution in [0.3, 0.4) is 0 Å². The Morgan fingerprint density at radius 1 is 0.914 bits per heavy atom. The summed E-state index contributed by atoms with van der Waals surface area (Å²) in [5.41, 5.74) is 5.27. The molecule has 0 radical (unpaired) electrons. The molecule has 0 saturated carbocycles. The lowest BCUT2D eigenvalue weighted by Crippen LogP contribution is -2.12. The second kappa shape index (κ2) is 8.34. The third-order valence-electron chi connectivity index (χ3n) is 5.53. The monoisotopic (exact) mass is 461 g/mol. The third-order valence-corrected chi connectivity index (χ3v) is 5.53. The van der Waals surface area contributed by atoms with Crippen LogP contribution in [0.15, 0.2) is 73.2 Å². The summed E-state index contributed by atoms with van der Waals surface area (Å²) in [6.45, 7) is 1.82. The molecule has 0 bridgehead atoms. The summed E-state index contributed by atoms with van der Waals surface area (Å²) < 4.78 is 0. The Balaban J connectivity index is 1.25. The number of anilines is 3. The molecule has 6 aromatic rings. The number of aromatic nitrogens is 7. The SMILES string of the molecule is Cc1cc(NC(=O)c2cc3ccc(-c4nccc(Nc5ccc6[nH]ncc6c5)n4)cc3[nH]2)cnn1. The van der Waals surface area contributed by atoms with E-state index in [1.807, 2.05) is 49.4 Å². The number of amides is 1. The highest BCUT2D eigenvalue weighted by atomic mass is 16.1. The zero-order valence-electron chi connectivity index (χ0n) is 18.6. The number of rotatable bonds is 5. The van der Waals surface area contributed by atoms with Gasteiger partial charge < -0.3 is 15.6 Å².